The summed E-state index contributed by atoms with van der Waals surface area (Å²) in [7, 11) is 0. The predicted octanol–water partition coefficient (Wildman–Crippen LogP) is 3.80. The molecule has 10 nitrogen and oxygen atoms in total. The van der Waals surface area contributed by atoms with Crippen molar-refractivity contribution in [3.05, 3.63) is 101 Å². The van der Waals surface area contributed by atoms with Crippen LogP contribution in [0.25, 0.3) is 21.7 Å². The molecule has 1 amide bonds. The number of carbonyl (C=O) groups excluding carboxylic acids is 2. The number of hydrogen-bond acceptors (Lipinski definition) is 8. The van der Waals surface area contributed by atoms with Gasteiger partial charge in [-0.25, -0.2) is 14.9 Å². The van der Waals surface area contributed by atoms with E-state index in [0.29, 0.717) is 40.0 Å². The SMILES string of the molecule is O=C(OCC(=O)N1N=C(c2cc3ccccc3o2)C[C@@H]1c1ccco1)c1n[nH]c(=O)c2ccccc12. The summed E-state index contributed by atoms with van der Waals surface area (Å²) in [4.78, 5) is 37.9. The van der Waals surface area contributed by atoms with Gasteiger partial charge < -0.3 is 13.6 Å². The van der Waals surface area contributed by atoms with E-state index in [1.54, 1.807) is 36.4 Å². The summed E-state index contributed by atoms with van der Waals surface area (Å²) in [5.74, 6) is -0.308. The first kappa shape index (κ1) is 21.5. The number of benzene rings is 2. The van der Waals surface area contributed by atoms with E-state index >= 15 is 0 Å². The zero-order valence-corrected chi connectivity index (χ0v) is 18.7. The van der Waals surface area contributed by atoms with E-state index in [-0.39, 0.29) is 5.69 Å². The molecule has 0 bridgehead atoms. The highest BCUT2D eigenvalue weighted by Crippen LogP contribution is 2.34. The number of aromatic amines is 1. The average molecular weight is 482 g/mol. The van der Waals surface area contributed by atoms with Gasteiger partial charge >= 0.3 is 5.97 Å². The van der Waals surface area contributed by atoms with Crippen LogP contribution in [0, 0.1) is 0 Å². The Balaban J connectivity index is 1.25. The lowest BCUT2D eigenvalue weighted by molar-refractivity contribution is -0.136. The van der Waals surface area contributed by atoms with Crippen molar-refractivity contribution in [1.82, 2.24) is 15.2 Å². The van der Waals surface area contributed by atoms with Crippen LogP contribution in [-0.4, -0.2) is 39.4 Å². The Labute approximate surface area is 202 Å². The molecule has 5 aromatic rings. The predicted molar refractivity (Wildman–Crippen MR) is 128 cm³/mol. The first-order valence-corrected chi connectivity index (χ1v) is 11.1. The maximum Gasteiger partial charge on any atom is 0.359 e. The second kappa shape index (κ2) is 8.66. The van der Waals surface area contributed by atoms with Gasteiger partial charge in [0, 0.05) is 17.2 Å². The molecular weight excluding hydrogens is 464 g/mol. The second-order valence-electron chi connectivity index (χ2n) is 8.19. The molecule has 0 unspecified atom stereocenters. The molecule has 6 rings (SSSR count). The number of aromatic nitrogens is 2. The lowest BCUT2D eigenvalue weighted by Gasteiger charge is -2.19. The van der Waals surface area contributed by atoms with E-state index in [1.165, 1.54) is 11.3 Å². The number of fused-ring (bicyclic) bond motifs is 2. The molecule has 0 fully saturated rings. The van der Waals surface area contributed by atoms with Crippen LogP contribution >= 0.6 is 0 Å². The monoisotopic (exact) mass is 482 g/mol. The molecule has 10 heteroatoms. The molecule has 36 heavy (non-hydrogen) atoms. The number of nitrogens with one attached hydrogen (secondary N) is 1. The summed E-state index contributed by atoms with van der Waals surface area (Å²) >= 11 is 0. The average Bonchev–Trinajstić information content (AvgIpc) is 3.66. The zero-order valence-electron chi connectivity index (χ0n) is 18.7. The molecule has 1 aliphatic heterocycles. The maximum atomic E-state index is 13.1. The summed E-state index contributed by atoms with van der Waals surface area (Å²) in [6.07, 6.45) is 1.88. The third kappa shape index (κ3) is 3.74. The molecule has 4 heterocycles. The highest BCUT2D eigenvalue weighted by molar-refractivity contribution is 6.04. The molecule has 178 valence electrons. The maximum absolute atomic E-state index is 13.1. The number of nitrogens with zero attached hydrogens (tertiary/aromatic N) is 3. The van der Waals surface area contributed by atoms with Crippen molar-refractivity contribution in [1.29, 1.82) is 0 Å². The molecule has 1 N–H and O–H groups in total. The third-order valence-electron chi connectivity index (χ3n) is 5.96. The molecule has 3 aromatic heterocycles. The van der Waals surface area contributed by atoms with Gasteiger partial charge in [0.15, 0.2) is 18.1 Å². The van der Waals surface area contributed by atoms with Gasteiger partial charge in [-0.2, -0.15) is 10.2 Å². The smallest absolute Gasteiger partial charge is 0.359 e. The lowest BCUT2D eigenvalue weighted by atomic mass is 10.1. The highest BCUT2D eigenvalue weighted by atomic mass is 16.5. The van der Waals surface area contributed by atoms with E-state index in [4.69, 9.17) is 13.6 Å². The van der Waals surface area contributed by atoms with Crippen LogP contribution in [0.3, 0.4) is 0 Å². The molecule has 1 aliphatic rings. The summed E-state index contributed by atoms with van der Waals surface area (Å²) < 4.78 is 16.7. The summed E-state index contributed by atoms with van der Waals surface area (Å²) in [5, 5.41) is 13.4. The zero-order chi connectivity index (χ0) is 24.6. The number of H-pyrrole nitrogens is 1. The minimum absolute atomic E-state index is 0.0894. The molecular formula is C26H18N4O6. The third-order valence-corrected chi connectivity index (χ3v) is 5.96. The lowest BCUT2D eigenvalue weighted by Crippen LogP contribution is -2.31. The van der Waals surface area contributed by atoms with Crippen LogP contribution < -0.4 is 5.56 Å². The Morgan fingerprint density at radius 1 is 1.06 bits per heavy atom. The fourth-order valence-corrected chi connectivity index (χ4v) is 4.25. The normalized spacial score (nSPS) is 15.4. The van der Waals surface area contributed by atoms with Crippen molar-refractivity contribution in [2.24, 2.45) is 5.10 Å². The standard InChI is InChI=1S/C26H18N4O6/c31-23(14-35-26(33)24-16-7-2-3-8-17(16)25(32)28-27-24)30-19(21-10-5-11-34-21)13-18(29-30)22-12-15-6-1-4-9-20(15)36-22/h1-12,19H,13-14H2,(H,28,32)/t19-/m1/s1. The Bertz CT molecular complexity index is 1670. The highest BCUT2D eigenvalue weighted by Gasteiger charge is 2.36. The molecule has 0 radical (unpaired) electrons. The Morgan fingerprint density at radius 2 is 1.86 bits per heavy atom. The fourth-order valence-electron chi connectivity index (χ4n) is 4.25. The Kier molecular flexibility index (Phi) is 5.18. The van der Waals surface area contributed by atoms with Crippen molar-refractivity contribution in [3.8, 4) is 0 Å². The van der Waals surface area contributed by atoms with Crippen molar-refractivity contribution in [2.75, 3.05) is 6.61 Å². The first-order valence-electron chi connectivity index (χ1n) is 11.1. The van der Waals surface area contributed by atoms with E-state index in [0.717, 1.165) is 5.39 Å². The Hall–Kier alpha value is -4.99. The van der Waals surface area contributed by atoms with Crippen LogP contribution in [0.2, 0.25) is 0 Å². The number of amides is 1. The first-order chi connectivity index (χ1) is 17.6. The summed E-state index contributed by atoms with van der Waals surface area (Å²) in [5.41, 5.74) is 0.766. The summed E-state index contributed by atoms with van der Waals surface area (Å²) in [6.45, 7) is -0.581. The topological polar surface area (TPSA) is 131 Å². The van der Waals surface area contributed by atoms with Gasteiger partial charge in [-0.05, 0) is 30.3 Å². The number of ether oxygens (including phenoxy) is 1. The molecule has 0 aliphatic carbocycles. The van der Waals surface area contributed by atoms with Gasteiger partial charge in [0.1, 0.15) is 23.1 Å². The van der Waals surface area contributed by atoms with Crippen molar-refractivity contribution in [2.45, 2.75) is 12.5 Å². The quantitative estimate of drug-likeness (QED) is 0.377. The number of rotatable bonds is 5. The van der Waals surface area contributed by atoms with Gasteiger partial charge in [0.2, 0.25) is 0 Å². The molecule has 0 spiro atoms. The van der Waals surface area contributed by atoms with Crippen molar-refractivity contribution in [3.63, 3.8) is 0 Å². The minimum Gasteiger partial charge on any atom is -0.467 e. The number of hydrazone groups is 1. The van der Waals surface area contributed by atoms with Crippen LogP contribution in [0.15, 0.2) is 91.7 Å². The van der Waals surface area contributed by atoms with Crippen LogP contribution in [0.1, 0.15) is 34.5 Å². The number of para-hydroxylation sites is 1. The number of furan rings is 2. The van der Waals surface area contributed by atoms with Crippen LogP contribution in [0.4, 0.5) is 0 Å². The number of carbonyl (C=O) groups is 2. The molecule has 0 saturated carbocycles. The van der Waals surface area contributed by atoms with Crippen molar-refractivity contribution >= 4 is 39.3 Å². The van der Waals surface area contributed by atoms with Gasteiger partial charge in [0.25, 0.3) is 11.5 Å². The minimum atomic E-state index is -0.842. The van der Waals surface area contributed by atoms with Gasteiger partial charge in [-0.15, -0.1) is 0 Å². The van der Waals surface area contributed by atoms with Gasteiger partial charge in [-0.1, -0.05) is 36.4 Å². The van der Waals surface area contributed by atoms with E-state index < -0.39 is 30.1 Å². The van der Waals surface area contributed by atoms with Gasteiger partial charge in [-0.3, -0.25) is 9.59 Å². The van der Waals surface area contributed by atoms with Crippen LogP contribution in [0.5, 0.6) is 0 Å². The Morgan fingerprint density at radius 3 is 2.67 bits per heavy atom. The molecule has 2 aromatic carbocycles. The van der Waals surface area contributed by atoms with E-state index in [1.807, 2.05) is 30.3 Å². The van der Waals surface area contributed by atoms with Gasteiger partial charge in [0.05, 0.1) is 11.6 Å². The molecule has 0 saturated heterocycles. The van der Waals surface area contributed by atoms with Crippen LogP contribution in [-0.2, 0) is 9.53 Å². The largest absolute Gasteiger partial charge is 0.467 e. The number of hydrogen-bond donors (Lipinski definition) is 1. The number of esters is 1. The van der Waals surface area contributed by atoms with E-state index in [2.05, 4.69) is 15.3 Å². The molecule has 1 atom stereocenters. The second-order valence-corrected chi connectivity index (χ2v) is 8.19. The summed E-state index contributed by atoms with van der Waals surface area (Å²) in [6, 6.07) is 18.9. The fraction of sp³-hybridized carbons (Fsp3) is 0.115. The van der Waals surface area contributed by atoms with E-state index in [9.17, 15) is 14.4 Å². The van der Waals surface area contributed by atoms with Crippen molar-refractivity contribution < 1.29 is 23.2 Å².